The lowest BCUT2D eigenvalue weighted by atomic mass is 9.92. The summed E-state index contributed by atoms with van der Waals surface area (Å²) in [4.78, 5) is 16.9. The summed E-state index contributed by atoms with van der Waals surface area (Å²) in [5, 5.41) is 0. The number of carbonyl (C=O) groups is 1. The number of hydrogen-bond acceptors (Lipinski definition) is 3. The Kier molecular flexibility index (Phi) is 9.50. The van der Waals surface area contributed by atoms with Gasteiger partial charge in [-0.1, -0.05) is 61.9 Å². The molecule has 0 unspecified atom stereocenters. The Labute approximate surface area is 190 Å². The van der Waals surface area contributed by atoms with Crippen molar-refractivity contribution in [2.45, 2.75) is 33.7 Å². The number of hydrogen-bond donors (Lipinski definition) is 2. The van der Waals surface area contributed by atoms with Crippen LogP contribution in [0.5, 0.6) is 0 Å². The van der Waals surface area contributed by atoms with Crippen LogP contribution in [-0.4, -0.2) is 10.9 Å². The number of halogens is 2. The van der Waals surface area contributed by atoms with Crippen LogP contribution in [0.15, 0.2) is 54.6 Å². The Balaban J connectivity index is 0.00000225. The molecule has 0 radical (unpaired) electrons. The zero-order chi connectivity index (χ0) is 20.3. The van der Waals surface area contributed by atoms with Crippen molar-refractivity contribution in [3.8, 4) is 22.4 Å². The molecule has 0 spiro atoms. The predicted octanol–water partition coefficient (Wildman–Crippen LogP) is 5.32. The first-order valence-corrected chi connectivity index (χ1v) is 9.59. The molecule has 0 aliphatic heterocycles. The van der Waals surface area contributed by atoms with Gasteiger partial charge < -0.3 is 11.5 Å². The van der Waals surface area contributed by atoms with E-state index in [4.69, 9.17) is 16.5 Å². The van der Waals surface area contributed by atoms with Crippen molar-refractivity contribution in [1.82, 2.24) is 4.98 Å². The normalized spacial score (nSPS) is 10.3. The summed E-state index contributed by atoms with van der Waals surface area (Å²) in [5.41, 5.74) is 19.1. The highest BCUT2D eigenvalue weighted by atomic mass is 35.5. The van der Waals surface area contributed by atoms with Crippen molar-refractivity contribution in [3.05, 3.63) is 77.0 Å². The number of carbonyl (C=O) groups excluding carboxylic acids is 1. The van der Waals surface area contributed by atoms with Crippen molar-refractivity contribution in [2.24, 2.45) is 17.4 Å². The van der Waals surface area contributed by atoms with Gasteiger partial charge >= 0.3 is 0 Å². The van der Waals surface area contributed by atoms with Gasteiger partial charge in [-0.05, 0) is 48.1 Å². The van der Waals surface area contributed by atoms with Crippen LogP contribution in [0.1, 0.15) is 41.0 Å². The molecule has 3 rings (SSSR count). The minimum atomic E-state index is -0.456. The molecular formula is C24H29Cl2N3O. The first-order chi connectivity index (χ1) is 13.4. The standard InChI is InChI=1S/C24H27N3O.2ClH/c1-15(2)12-22-21(14-25)20(17-10-8-16(3)9-11-17)13-23(27-22)18-6-4-5-7-19(18)24(26)28;;/h4-11,13,15H,12,14,25H2,1-3H3,(H2,26,28);2*1H. The lowest BCUT2D eigenvalue weighted by Gasteiger charge is -2.18. The molecule has 0 atom stereocenters. The molecule has 0 bridgehead atoms. The van der Waals surface area contributed by atoms with E-state index in [2.05, 4.69) is 45.0 Å². The number of pyridine rings is 1. The van der Waals surface area contributed by atoms with E-state index in [9.17, 15) is 4.79 Å². The smallest absolute Gasteiger partial charge is 0.249 e. The summed E-state index contributed by atoms with van der Waals surface area (Å²) in [7, 11) is 0. The Morgan fingerprint density at radius 3 is 2.20 bits per heavy atom. The molecular weight excluding hydrogens is 417 g/mol. The van der Waals surface area contributed by atoms with E-state index in [1.54, 1.807) is 6.07 Å². The molecule has 0 saturated carbocycles. The van der Waals surface area contributed by atoms with Crippen LogP contribution in [0.2, 0.25) is 0 Å². The lowest BCUT2D eigenvalue weighted by Crippen LogP contribution is -2.14. The maximum absolute atomic E-state index is 11.9. The van der Waals surface area contributed by atoms with Crippen LogP contribution in [-0.2, 0) is 13.0 Å². The molecule has 0 fully saturated rings. The summed E-state index contributed by atoms with van der Waals surface area (Å²) in [6.45, 7) is 6.81. The van der Waals surface area contributed by atoms with E-state index in [1.165, 1.54) is 5.56 Å². The minimum absolute atomic E-state index is 0. The van der Waals surface area contributed by atoms with Gasteiger partial charge in [-0.3, -0.25) is 9.78 Å². The molecule has 0 aliphatic carbocycles. The number of rotatable bonds is 6. The Morgan fingerprint density at radius 2 is 1.63 bits per heavy atom. The average Bonchev–Trinajstić information content (AvgIpc) is 2.67. The zero-order valence-corrected chi connectivity index (χ0v) is 19.1. The van der Waals surface area contributed by atoms with Crippen LogP contribution < -0.4 is 11.5 Å². The monoisotopic (exact) mass is 445 g/mol. The summed E-state index contributed by atoms with van der Waals surface area (Å²) in [5.74, 6) is -0.0205. The summed E-state index contributed by atoms with van der Waals surface area (Å²) < 4.78 is 0. The Morgan fingerprint density at radius 1 is 1.00 bits per heavy atom. The van der Waals surface area contributed by atoms with Crippen LogP contribution in [0.3, 0.4) is 0 Å². The highest BCUT2D eigenvalue weighted by Gasteiger charge is 2.18. The fourth-order valence-electron chi connectivity index (χ4n) is 3.46. The Hall–Kier alpha value is -2.40. The summed E-state index contributed by atoms with van der Waals surface area (Å²) in [6.07, 6.45) is 0.817. The fraction of sp³-hybridized carbons (Fsp3) is 0.250. The van der Waals surface area contributed by atoms with Crippen LogP contribution in [0, 0.1) is 12.8 Å². The highest BCUT2D eigenvalue weighted by Crippen LogP contribution is 2.32. The zero-order valence-electron chi connectivity index (χ0n) is 17.5. The van der Waals surface area contributed by atoms with Gasteiger partial charge in [-0.15, -0.1) is 24.8 Å². The van der Waals surface area contributed by atoms with E-state index < -0.39 is 5.91 Å². The maximum atomic E-state index is 11.9. The second-order valence-electron chi connectivity index (χ2n) is 7.56. The summed E-state index contributed by atoms with van der Waals surface area (Å²) >= 11 is 0. The van der Waals surface area contributed by atoms with E-state index in [0.717, 1.165) is 40.1 Å². The molecule has 1 amide bonds. The largest absolute Gasteiger partial charge is 0.366 e. The van der Waals surface area contributed by atoms with Crippen molar-refractivity contribution in [3.63, 3.8) is 0 Å². The first-order valence-electron chi connectivity index (χ1n) is 9.59. The topological polar surface area (TPSA) is 82.0 Å². The van der Waals surface area contributed by atoms with Gasteiger partial charge in [0.05, 0.1) is 5.69 Å². The number of aromatic nitrogens is 1. The third kappa shape index (κ3) is 5.60. The Bertz CT molecular complexity index is 1000. The van der Waals surface area contributed by atoms with E-state index in [0.29, 0.717) is 18.0 Å². The van der Waals surface area contributed by atoms with Crippen molar-refractivity contribution in [1.29, 1.82) is 0 Å². The van der Waals surface area contributed by atoms with Gasteiger partial charge in [0.2, 0.25) is 5.91 Å². The number of nitrogens with two attached hydrogens (primary N) is 2. The van der Waals surface area contributed by atoms with Gasteiger partial charge in [-0.2, -0.15) is 0 Å². The molecule has 4 N–H and O–H groups in total. The number of nitrogens with zero attached hydrogens (tertiary/aromatic N) is 1. The third-order valence-electron chi connectivity index (χ3n) is 4.85. The molecule has 1 aromatic heterocycles. The fourth-order valence-corrected chi connectivity index (χ4v) is 3.46. The van der Waals surface area contributed by atoms with Crippen LogP contribution >= 0.6 is 24.8 Å². The second-order valence-corrected chi connectivity index (χ2v) is 7.56. The maximum Gasteiger partial charge on any atom is 0.249 e. The molecule has 2 aromatic carbocycles. The lowest BCUT2D eigenvalue weighted by molar-refractivity contribution is 0.100. The van der Waals surface area contributed by atoms with Crippen LogP contribution in [0.25, 0.3) is 22.4 Å². The predicted molar refractivity (Wildman–Crippen MR) is 129 cm³/mol. The van der Waals surface area contributed by atoms with E-state index >= 15 is 0 Å². The van der Waals surface area contributed by atoms with Crippen molar-refractivity contribution < 1.29 is 4.79 Å². The van der Waals surface area contributed by atoms with Gasteiger partial charge in [0.15, 0.2) is 0 Å². The van der Waals surface area contributed by atoms with Gasteiger partial charge in [0.25, 0.3) is 0 Å². The van der Waals surface area contributed by atoms with Crippen LogP contribution in [0.4, 0.5) is 0 Å². The van der Waals surface area contributed by atoms with Gasteiger partial charge in [-0.25, -0.2) is 0 Å². The van der Waals surface area contributed by atoms with Gasteiger partial charge in [0, 0.05) is 23.4 Å². The molecule has 160 valence electrons. The highest BCUT2D eigenvalue weighted by molar-refractivity contribution is 5.99. The van der Waals surface area contributed by atoms with Crippen molar-refractivity contribution >= 4 is 30.7 Å². The molecule has 4 nitrogen and oxygen atoms in total. The summed E-state index contributed by atoms with van der Waals surface area (Å²) in [6, 6.07) is 17.8. The third-order valence-corrected chi connectivity index (χ3v) is 4.85. The number of amides is 1. The number of primary amides is 1. The molecule has 1 heterocycles. The molecule has 30 heavy (non-hydrogen) atoms. The minimum Gasteiger partial charge on any atom is -0.366 e. The quantitative estimate of drug-likeness (QED) is 0.537. The number of benzene rings is 2. The van der Waals surface area contributed by atoms with Crippen molar-refractivity contribution in [2.75, 3.05) is 0 Å². The van der Waals surface area contributed by atoms with Gasteiger partial charge in [0.1, 0.15) is 0 Å². The second kappa shape index (κ2) is 11.1. The SMILES string of the molecule is Cc1ccc(-c2cc(-c3ccccc3C(N)=O)nc(CC(C)C)c2CN)cc1.Cl.Cl. The van der Waals surface area contributed by atoms with E-state index in [1.807, 2.05) is 24.3 Å². The molecule has 6 heteroatoms. The van der Waals surface area contributed by atoms with E-state index in [-0.39, 0.29) is 24.8 Å². The molecule has 0 saturated heterocycles. The first kappa shape index (κ1) is 25.6. The molecule has 3 aromatic rings. The number of aryl methyl sites for hydroxylation is 1. The average molecular weight is 446 g/mol. The molecule has 0 aliphatic rings.